The minimum atomic E-state index is 0.574. The van der Waals surface area contributed by atoms with Crippen LogP contribution in [0.2, 0.25) is 0 Å². The standard InChI is InChI=1S/C14H17N3/c1-10(2)11-3-5-12(6-4-11)14-15-9-16-17(14)13-7-8-13/h3-6,9-10,13H,7-8H2,1-2H3. The molecule has 0 bridgehead atoms. The molecule has 1 aromatic carbocycles. The molecule has 0 atom stereocenters. The van der Waals surface area contributed by atoms with E-state index in [1.54, 1.807) is 6.33 Å². The minimum absolute atomic E-state index is 0.574. The van der Waals surface area contributed by atoms with Gasteiger partial charge in [-0.2, -0.15) is 5.10 Å². The first-order valence-electron chi connectivity index (χ1n) is 6.25. The quantitative estimate of drug-likeness (QED) is 0.804. The molecule has 1 heterocycles. The Morgan fingerprint density at radius 1 is 1.18 bits per heavy atom. The molecule has 0 spiro atoms. The van der Waals surface area contributed by atoms with Crippen molar-refractivity contribution in [3.8, 4) is 11.4 Å². The van der Waals surface area contributed by atoms with Gasteiger partial charge in [-0.25, -0.2) is 9.67 Å². The Labute approximate surface area is 101 Å². The summed E-state index contributed by atoms with van der Waals surface area (Å²) in [6.45, 7) is 4.42. The highest BCUT2D eigenvalue weighted by atomic mass is 15.4. The number of nitrogens with zero attached hydrogens (tertiary/aromatic N) is 3. The van der Waals surface area contributed by atoms with Crippen LogP contribution < -0.4 is 0 Å². The fourth-order valence-electron chi connectivity index (χ4n) is 2.06. The van der Waals surface area contributed by atoms with E-state index in [0.717, 1.165) is 5.82 Å². The van der Waals surface area contributed by atoms with Gasteiger partial charge in [0.05, 0.1) is 6.04 Å². The lowest BCUT2D eigenvalue weighted by Crippen LogP contribution is -1.99. The van der Waals surface area contributed by atoms with Gasteiger partial charge in [0, 0.05) is 5.56 Å². The van der Waals surface area contributed by atoms with Crippen molar-refractivity contribution < 1.29 is 0 Å². The Kier molecular flexibility index (Phi) is 2.46. The van der Waals surface area contributed by atoms with Gasteiger partial charge in [0.1, 0.15) is 6.33 Å². The molecule has 3 heteroatoms. The van der Waals surface area contributed by atoms with Gasteiger partial charge in [-0.1, -0.05) is 38.1 Å². The van der Waals surface area contributed by atoms with E-state index in [1.807, 2.05) is 0 Å². The highest BCUT2D eigenvalue weighted by molar-refractivity contribution is 5.55. The van der Waals surface area contributed by atoms with Crippen LogP contribution in [0, 0.1) is 0 Å². The van der Waals surface area contributed by atoms with Crippen molar-refractivity contribution in [1.82, 2.24) is 14.8 Å². The van der Waals surface area contributed by atoms with E-state index in [2.05, 4.69) is 52.9 Å². The number of aromatic nitrogens is 3. The van der Waals surface area contributed by atoms with Crippen LogP contribution in [-0.4, -0.2) is 14.8 Å². The molecule has 0 radical (unpaired) electrons. The molecule has 1 aliphatic carbocycles. The maximum atomic E-state index is 4.37. The molecule has 1 aromatic heterocycles. The zero-order chi connectivity index (χ0) is 11.8. The smallest absolute Gasteiger partial charge is 0.158 e. The third kappa shape index (κ3) is 1.97. The molecule has 0 N–H and O–H groups in total. The fraction of sp³-hybridized carbons (Fsp3) is 0.429. The summed E-state index contributed by atoms with van der Waals surface area (Å²) in [7, 11) is 0. The normalized spacial score (nSPS) is 15.5. The molecule has 3 rings (SSSR count). The topological polar surface area (TPSA) is 30.7 Å². The Balaban J connectivity index is 1.95. The molecule has 0 saturated heterocycles. The molecule has 3 nitrogen and oxygen atoms in total. The van der Waals surface area contributed by atoms with Crippen molar-refractivity contribution in [2.45, 2.75) is 38.6 Å². The van der Waals surface area contributed by atoms with Crippen LogP contribution in [0.3, 0.4) is 0 Å². The maximum Gasteiger partial charge on any atom is 0.158 e. The average molecular weight is 227 g/mol. The number of hydrogen-bond acceptors (Lipinski definition) is 2. The Hall–Kier alpha value is -1.64. The Morgan fingerprint density at radius 3 is 2.47 bits per heavy atom. The van der Waals surface area contributed by atoms with Crippen LogP contribution in [0.1, 0.15) is 44.2 Å². The monoisotopic (exact) mass is 227 g/mol. The first-order valence-corrected chi connectivity index (χ1v) is 6.25. The van der Waals surface area contributed by atoms with Crippen molar-refractivity contribution in [3.63, 3.8) is 0 Å². The Morgan fingerprint density at radius 2 is 1.88 bits per heavy atom. The van der Waals surface area contributed by atoms with E-state index >= 15 is 0 Å². The van der Waals surface area contributed by atoms with Crippen molar-refractivity contribution in [3.05, 3.63) is 36.2 Å². The second-order valence-corrected chi connectivity index (χ2v) is 5.04. The summed E-state index contributed by atoms with van der Waals surface area (Å²) in [5.41, 5.74) is 2.53. The van der Waals surface area contributed by atoms with Gasteiger partial charge in [-0.3, -0.25) is 0 Å². The van der Waals surface area contributed by atoms with Gasteiger partial charge in [0.25, 0.3) is 0 Å². The van der Waals surface area contributed by atoms with Crippen LogP contribution in [0.4, 0.5) is 0 Å². The lowest BCUT2D eigenvalue weighted by molar-refractivity contribution is 0.647. The predicted octanol–water partition coefficient (Wildman–Crippen LogP) is 3.40. The van der Waals surface area contributed by atoms with Crippen molar-refractivity contribution >= 4 is 0 Å². The number of rotatable bonds is 3. The van der Waals surface area contributed by atoms with Gasteiger partial charge in [-0.05, 0) is 24.3 Å². The van der Waals surface area contributed by atoms with E-state index in [4.69, 9.17) is 0 Å². The third-order valence-electron chi connectivity index (χ3n) is 3.30. The molecule has 88 valence electrons. The molecular weight excluding hydrogens is 210 g/mol. The molecule has 0 aliphatic heterocycles. The molecule has 2 aromatic rings. The SMILES string of the molecule is CC(C)c1ccc(-c2ncnn2C2CC2)cc1. The fourth-order valence-corrected chi connectivity index (χ4v) is 2.06. The largest absolute Gasteiger partial charge is 0.243 e. The molecule has 0 unspecified atom stereocenters. The zero-order valence-corrected chi connectivity index (χ0v) is 10.3. The van der Waals surface area contributed by atoms with Crippen molar-refractivity contribution in [1.29, 1.82) is 0 Å². The van der Waals surface area contributed by atoms with Crippen LogP contribution in [0.15, 0.2) is 30.6 Å². The van der Waals surface area contributed by atoms with E-state index in [1.165, 1.54) is 24.0 Å². The van der Waals surface area contributed by atoms with E-state index < -0.39 is 0 Å². The summed E-state index contributed by atoms with van der Waals surface area (Å²) < 4.78 is 2.06. The zero-order valence-electron chi connectivity index (χ0n) is 10.3. The molecule has 1 aliphatic rings. The average Bonchev–Trinajstić information content (AvgIpc) is 3.07. The van der Waals surface area contributed by atoms with Crippen LogP contribution in [0.5, 0.6) is 0 Å². The van der Waals surface area contributed by atoms with Gasteiger partial charge in [-0.15, -0.1) is 0 Å². The van der Waals surface area contributed by atoms with Crippen molar-refractivity contribution in [2.75, 3.05) is 0 Å². The Bertz CT molecular complexity index is 507. The van der Waals surface area contributed by atoms with Gasteiger partial charge in [0.15, 0.2) is 5.82 Å². The summed E-state index contributed by atoms with van der Waals surface area (Å²) in [4.78, 5) is 4.37. The summed E-state index contributed by atoms with van der Waals surface area (Å²) in [6.07, 6.45) is 4.13. The van der Waals surface area contributed by atoms with Crippen LogP contribution >= 0.6 is 0 Å². The highest BCUT2D eigenvalue weighted by Gasteiger charge is 2.27. The molecule has 17 heavy (non-hydrogen) atoms. The van der Waals surface area contributed by atoms with Gasteiger partial charge >= 0.3 is 0 Å². The van der Waals surface area contributed by atoms with Crippen molar-refractivity contribution in [2.24, 2.45) is 0 Å². The molecule has 1 saturated carbocycles. The lowest BCUT2D eigenvalue weighted by atomic mass is 10.0. The number of hydrogen-bond donors (Lipinski definition) is 0. The second-order valence-electron chi connectivity index (χ2n) is 5.04. The lowest BCUT2D eigenvalue weighted by Gasteiger charge is -2.07. The molecule has 0 amide bonds. The highest BCUT2D eigenvalue weighted by Crippen LogP contribution is 2.36. The number of benzene rings is 1. The minimum Gasteiger partial charge on any atom is -0.243 e. The van der Waals surface area contributed by atoms with E-state index in [-0.39, 0.29) is 0 Å². The summed E-state index contributed by atoms with van der Waals surface area (Å²) in [5.74, 6) is 1.58. The van der Waals surface area contributed by atoms with Crippen LogP contribution in [0.25, 0.3) is 11.4 Å². The molecular formula is C14H17N3. The van der Waals surface area contributed by atoms with Gasteiger partial charge < -0.3 is 0 Å². The second kappa shape index (κ2) is 3.99. The van der Waals surface area contributed by atoms with E-state index in [0.29, 0.717) is 12.0 Å². The first-order chi connectivity index (χ1) is 8.25. The predicted molar refractivity (Wildman–Crippen MR) is 67.8 cm³/mol. The maximum absolute atomic E-state index is 4.37. The first kappa shape index (κ1) is 10.5. The van der Waals surface area contributed by atoms with Crippen LogP contribution in [-0.2, 0) is 0 Å². The van der Waals surface area contributed by atoms with Gasteiger partial charge in [0.2, 0.25) is 0 Å². The van der Waals surface area contributed by atoms with E-state index in [9.17, 15) is 0 Å². The molecule has 1 fully saturated rings. The summed E-state index contributed by atoms with van der Waals surface area (Å²) in [6, 6.07) is 9.26. The third-order valence-corrected chi connectivity index (χ3v) is 3.30. The summed E-state index contributed by atoms with van der Waals surface area (Å²) >= 11 is 0. The summed E-state index contributed by atoms with van der Waals surface area (Å²) in [5, 5.41) is 4.32.